The molecule has 4 aromatic carbocycles. The molecule has 0 saturated carbocycles. The molecule has 0 unspecified atom stereocenters. The number of nitrogens with zero attached hydrogens (tertiary/aromatic N) is 1. The Morgan fingerprint density at radius 2 is 1.53 bits per heavy atom. The van der Waals surface area contributed by atoms with Crippen molar-refractivity contribution in [1.29, 1.82) is 0 Å². The van der Waals surface area contributed by atoms with Crippen LogP contribution in [0.1, 0.15) is 32.3 Å². The summed E-state index contributed by atoms with van der Waals surface area (Å²) in [7, 11) is -3.13. The molecule has 0 aliphatic carbocycles. The number of rotatable bonds is 6. The van der Waals surface area contributed by atoms with Crippen LogP contribution in [0.2, 0.25) is 0 Å². The van der Waals surface area contributed by atoms with E-state index in [1.54, 1.807) is 0 Å². The molecule has 2 heterocycles. The predicted molar refractivity (Wildman–Crippen MR) is 163 cm³/mol. The molecule has 2 nitrogen and oxygen atoms in total. The highest BCUT2D eigenvalue weighted by Crippen LogP contribution is 2.46. The summed E-state index contributed by atoms with van der Waals surface area (Å²) in [6, 6.07) is 30.9. The fourth-order valence-corrected chi connectivity index (χ4v) is 9.39. The molecule has 0 fully saturated rings. The van der Waals surface area contributed by atoms with Gasteiger partial charge in [0.2, 0.25) is 10.9 Å². The van der Waals surface area contributed by atoms with Crippen LogP contribution in [-0.4, -0.2) is 0 Å². The molecular formula is C35H33NOP+. The minimum Gasteiger partial charge on any atom is -0.309 e. The largest absolute Gasteiger partial charge is 0.309 e. The molecule has 1 aromatic heterocycles. The fourth-order valence-electron chi connectivity index (χ4n) is 6.54. The molecule has 0 radical (unpaired) electrons. The summed E-state index contributed by atoms with van der Waals surface area (Å²) in [4.78, 5) is 0. The molecule has 5 aromatic rings. The maximum Gasteiger partial charge on any atom is 0.221 e. The Kier molecular flexibility index (Phi) is 5.97. The first-order chi connectivity index (χ1) is 18.5. The van der Waals surface area contributed by atoms with Crippen LogP contribution < -0.4 is 31.0 Å². The SMILES string of the molecule is C=CC=c1cc2ccc3c(P(=O)(c4ccccc4)c4ccccc4)ccc4c3c2[n+](c1=C)C(CC)(CC)C4. The predicted octanol–water partition coefficient (Wildman–Crippen LogP) is 5.37. The lowest BCUT2D eigenvalue weighted by Crippen LogP contribution is -2.70. The van der Waals surface area contributed by atoms with Gasteiger partial charge in [-0.3, -0.25) is 0 Å². The molecule has 0 saturated heterocycles. The van der Waals surface area contributed by atoms with Crippen LogP contribution >= 0.6 is 7.14 Å². The summed E-state index contributed by atoms with van der Waals surface area (Å²) in [6.45, 7) is 13.1. The highest BCUT2D eigenvalue weighted by Gasteiger charge is 2.44. The van der Waals surface area contributed by atoms with Crippen LogP contribution in [0.25, 0.3) is 34.3 Å². The van der Waals surface area contributed by atoms with Gasteiger partial charge in [-0.05, 0) is 41.8 Å². The molecule has 6 rings (SSSR count). The van der Waals surface area contributed by atoms with Gasteiger partial charge in [-0.15, -0.1) is 0 Å². The van der Waals surface area contributed by atoms with Crippen LogP contribution in [0.15, 0.2) is 104 Å². The molecular weight excluding hydrogens is 481 g/mol. The van der Waals surface area contributed by atoms with Crippen LogP contribution in [0.4, 0.5) is 0 Å². The van der Waals surface area contributed by atoms with Gasteiger partial charge in [-0.2, -0.15) is 4.57 Å². The summed E-state index contributed by atoms with van der Waals surface area (Å²) in [5, 5.41) is 8.17. The molecule has 0 bridgehead atoms. The van der Waals surface area contributed by atoms with Crippen molar-refractivity contribution < 1.29 is 9.13 Å². The van der Waals surface area contributed by atoms with Crippen LogP contribution in [-0.2, 0) is 16.5 Å². The monoisotopic (exact) mass is 514 g/mol. The maximum absolute atomic E-state index is 15.4. The van der Waals surface area contributed by atoms with E-state index < -0.39 is 7.14 Å². The lowest BCUT2D eigenvalue weighted by atomic mass is 9.79. The Labute approximate surface area is 224 Å². The van der Waals surface area contributed by atoms with Gasteiger partial charge in [0.05, 0.1) is 5.39 Å². The number of aromatic nitrogens is 1. The molecule has 0 amide bonds. The van der Waals surface area contributed by atoms with Crippen molar-refractivity contribution in [2.24, 2.45) is 0 Å². The number of pyridine rings is 1. The van der Waals surface area contributed by atoms with Gasteiger partial charge in [-0.25, -0.2) is 0 Å². The highest BCUT2D eigenvalue weighted by molar-refractivity contribution is 7.85. The maximum atomic E-state index is 15.4. The standard InChI is InChI=1S/C35H33NOP/c1-5-14-26-23-27-19-21-31-32(38(37,29-15-10-8-11-16-29)30-17-12-9-13-18-30)22-20-28-24-35(6-2,7-3)36(25(26)4)34(27)33(28)31/h5,8-23H,1,4,6-7,24H2,2-3H3/q+1. The lowest BCUT2D eigenvalue weighted by Gasteiger charge is -2.33. The Morgan fingerprint density at radius 3 is 2.11 bits per heavy atom. The zero-order valence-corrected chi connectivity index (χ0v) is 23.0. The highest BCUT2D eigenvalue weighted by atomic mass is 31.2. The van der Waals surface area contributed by atoms with Crippen molar-refractivity contribution in [3.8, 4) is 0 Å². The summed E-state index contributed by atoms with van der Waals surface area (Å²) in [6.07, 6.45) is 6.83. The van der Waals surface area contributed by atoms with E-state index in [9.17, 15) is 0 Å². The molecule has 0 N–H and O–H groups in total. The van der Waals surface area contributed by atoms with E-state index in [1.165, 1.54) is 21.9 Å². The third kappa shape index (κ3) is 3.40. The smallest absolute Gasteiger partial charge is 0.221 e. The Bertz CT molecular complexity index is 1830. The van der Waals surface area contributed by atoms with Crippen molar-refractivity contribution in [3.05, 3.63) is 120 Å². The first-order valence-corrected chi connectivity index (χ1v) is 15.2. The van der Waals surface area contributed by atoms with Gasteiger partial charge in [0, 0.05) is 45.8 Å². The molecule has 188 valence electrons. The summed E-state index contributed by atoms with van der Waals surface area (Å²) in [5.41, 5.74) is 2.46. The summed E-state index contributed by atoms with van der Waals surface area (Å²) in [5.74, 6) is 0. The van der Waals surface area contributed by atoms with E-state index in [0.717, 1.165) is 51.1 Å². The van der Waals surface area contributed by atoms with Gasteiger partial charge in [0.15, 0.2) is 12.7 Å². The zero-order chi connectivity index (χ0) is 26.5. The normalized spacial score (nSPS) is 14.8. The average molecular weight is 515 g/mol. The average Bonchev–Trinajstić information content (AvgIpc) is 2.97. The van der Waals surface area contributed by atoms with E-state index in [4.69, 9.17) is 0 Å². The summed E-state index contributed by atoms with van der Waals surface area (Å²) >= 11 is 0. The van der Waals surface area contributed by atoms with Crippen LogP contribution in [0.5, 0.6) is 0 Å². The first-order valence-electron chi connectivity index (χ1n) is 13.5. The second-order valence-corrected chi connectivity index (χ2v) is 13.1. The topological polar surface area (TPSA) is 20.9 Å². The minimum atomic E-state index is -3.13. The molecule has 3 heteroatoms. The van der Waals surface area contributed by atoms with E-state index in [0.29, 0.717) is 0 Å². The molecule has 0 atom stereocenters. The minimum absolute atomic E-state index is 0.0638. The molecule has 0 spiro atoms. The first kappa shape index (κ1) is 24.6. The lowest BCUT2D eigenvalue weighted by molar-refractivity contribution is -0.755. The van der Waals surface area contributed by atoms with E-state index >= 15 is 4.57 Å². The van der Waals surface area contributed by atoms with E-state index in [2.05, 4.69) is 68.0 Å². The van der Waals surface area contributed by atoms with Gasteiger partial charge in [0.25, 0.3) is 0 Å². The summed E-state index contributed by atoms with van der Waals surface area (Å²) < 4.78 is 17.9. The Hall–Kier alpha value is -3.74. The van der Waals surface area contributed by atoms with Gasteiger partial charge in [-0.1, -0.05) is 99.3 Å². The second kappa shape index (κ2) is 9.22. The molecule has 1 aliphatic heterocycles. The van der Waals surface area contributed by atoms with Crippen LogP contribution in [0, 0.1) is 0 Å². The van der Waals surface area contributed by atoms with Crippen molar-refractivity contribution in [3.63, 3.8) is 0 Å². The van der Waals surface area contributed by atoms with E-state index in [1.807, 2.05) is 66.7 Å². The van der Waals surface area contributed by atoms with Gasteiger partial charge >= 0.3 is 0 Å². The number of hydrogen-bond donors (Lipinski definition) is 0. The molecule has 1 aliphatic rings. The Morgan fingerprint density at radius 1 is 0.895 bits per heavy atom. The van der Waals surface area contributed by atoms with Gasteiger partial charge < -0.3 is 4.57 Å². The van der Waals surface area contributed by atoms with Gasteiger partial charge in [0.1, 0.15) is 0 Å². The molecule has 38 heavy (non-hydrogen) atoms. The van der Waals surface area contributed by atoms with Crippen molar-refractivity contribution in [1.82, 2.24) is 0 Å². The van der Waals surface area contributed by atoms with Crippen molar-refractivity contribution in [2.45, 2.75) is 38.6 Å². The second-order valence-electron chi connectivity index (χ2n) is 10.3. The number of benzene rings is 4. The third-order valence-electron chi connectivity index (χ3n) is 8.57. The number of allylic oxidation sites excluding steroid dienone is 1. The van der Waals surface area contributed by atoms with Crippen molar-refractivity contribution in [2.75, 3.05) is 0 Å². The third-order valence-corrected chi connectivity index (χ3v) is 11.7. The quantitative estimate of drug-likeness (QED) is 0.170. The van der Waals surface area contributed by atoms with Crippen molar-refractivity contribution >= 4 is 57.4 Å². The fraction of sp³-hybridized carbons (Fsp3) is 0.171. The van der Waals surface area contributed by atoms with Crippen LogP contribution in [0.3, 0.4) is 0 Å². The number of hydrogen-bond acceptors (Lipinski definition) is 1. The Balaban J connectivity index is 1.81. The zero-order valence-electron chi connectivity index (χ0n) is 22.2. The van der Waals surface area contributed by atoms with E-state index in [-0.39, 0.29) is 5.54 Å².